The Bertz CT molecular complexity index is 1030. The summed E-state index contributed by atoms with van der Waals surface area (Å²) >= 11 is 0. The first kappa shape index (κ1) is 24.5. The van der Waals surface area contributed by atoms with Crippen molar-refractivity contribution in [2.45, 2.75) is 124 Å². The molecule has 0 amide bonds. The van der Waals surface area contributed by atoms with Crippen LogP contribution < -0.4 is 0 Å². The molecule has 5 fully saturated rings. The Morgan fingerprint density at radius 3 is 2.00 bits per heavy atom. The molecule has 0 radical (unpaired) electrons. The zero-order valence-electron chi connectivity index (χ0n) is 24.6. The maximum atomic E-state index is 3.11. The van der Waals surface area contributed by atoms with Crippen molar-refractivity contribution < 1.29 is 0 Å². The molecule has 1 saturated heterocycles. The van der Waals surface area contributed by atoms with Crippen molar-refractivity contribution in [1.82, 2.24) is 4.90 Å². The van der Waals surface area contributed by atoms with Gasteiger partial charge in [-0.2, -0.15) is 0 Å². The van der Waals surface area contributed by atoms with Crippen LogP contribution in [0.5, 0.6) is 0 Å². The van der Waals surface area contributed by atoms with E-state index >= 15 is 0 Å². The maximum Gasteiger partial charge on any atom is 0.0546 e. The fourth-order valence-corrected chi connectivity index (χ4v) is 16.2. The van der Waals surface area contributed by atoms with Gasteiger partial charge >= 0.3 is 0 Å². The van der Waals surface area contributed by atoms with E-state index in [0.717, 1.165) is 17.8 Å². The Labute approximate surface area is 223 Å². The van der Waals surface area contributed by atoms with E-state index in [1.54, 1.807) is 19.3 Å². The summed E-state index contributed by atoms with van der Waals surface area (Å²) < 4.78 is 0. The molecule has 4 saturated carbocycles. The van der Waals surface area contributed by atoms with E-state index in [9.17, 15) is 0 Å². The summed E-state index contributed by atoms with van der Waals surface area (Å²) in [5.41, 5.74) is 6.68. The molecule has 0 spiro atoms. The van der Waals surface area contributed by atoms with Crippen LogP contribution >= 0.6 is 7.92 Å². The standard InChI is InChI=1S/C34H52NP/c1-9-32(10-2)20-31(7,8)35-28-27(21(3)4)26-11-12-34(28,22(5)6)36(19-26)30(29(32)35)33-16-23-13-24(17-33)15-25(14-23)18-33/h11-12,21-26H,9-10,13-20H2,1-8H3/t23?,24?,25?,26-,33?,34+,36-/m1/s1. The van der Waals surface area contributed by atoms with Crippen LogP contribution in [0.2, 0.25) is 0 Å². The molecule has 9 aliphatic rings. The minimum Gasteiger partial charge on any atom is -0.341 e. The summed E-state index contributed by atoms with van der Waals surface area (Å²) in [6, 6.07) is 0. The molecule has 0 unspecified atom stereocenters. The molecule has 3 atom stereocenters. The van der Waals surface area contributed by atoms with Crippen molar-refractivity contribution in [3.63, 3.8) is 0 Å². The molecule has 0 N–H and O–H groups in total. The molecule has 0 aromatic rings. The highest BCUT2D eigenvalue weighted by Gasteiger charge is 2.68. The molecule has 8 bridgehead atoms. The Morgan fingerprint density at radius 1 is 0.917 bits per heavy atom. The lowest BCUT2D eigenvalue weighted by Crippen LogP contribution is -2.58. The summed E-state index contributed by atoms with van der Waals surface area (Å²) in [4.78, 5) is 3.11. The number of allylic oxidation sites excluding steroid dienone is 5. The molecular weight excluding hydrogens is 453 g/mol. The summed E-state index contributed by atoms with van der Waals surface area (Å²) in [5, 5.41) is 2.38. The van der Waals surface area contributed by atoms with Crippen LogP contribution in [0.25, 0.3) is 0 Å². The third kappa shape index (κ3) is 2.79. The topological polar surface area (TPSA) is 3.24 Å². The minimum absolute atomic E-state index is 0.185. The molecule has 0 aromatic heterocycles. The van der Waals surface area contributed by atoms with Crippen molar-refractivity contribution in [3.8, 4) is 0 Å². The molecule has 2 heteroatoms. The van der Waals surface area contributed by atoms with Gasteiger partial charge in [-0.05, 0) is 124 Å². The van der Waals surface area contributed by atoms with E-state index in [1.165, 1.54) is 44.7 Å². The third-order valence-electron chi connectivity index (χ3n) is 12.7. The van der Waals surface area contributed by atoms with Crippen LogP contribution in [0, 0.1) is 46.3 Å². The zero-order chi connectivity index (χ0) is 25.4. The Kier molecular flexibility index (Phi) is 5.14. The Morgan fingerprint density at radius 2 is 1.50 bits per heavy atom. The number of nitrogens with zero attached hydrogens (tertiary/aromatic N) is 1. The first-order valence-electron chi connectivity index (χ1n) is 15.8. The van der Waals surface area contributed by atoms with Gasteiger partial charge in [0.15, 0.2) is 0 Å². The van der Waals surface area contributed by atoms with Crippen LogP contribution in [0.3, 0.4) is 0 Å². The molecule has 9 rings (SSSR count). The second-order valence-corrected chi connectivity index (χ2v) is 18.1. The fourth-order valence-electron chi connectivity index (χ4n) is 11.8. The van der Waals surface area contributed by atoms with Crippen LogP contribution in [-0.4, -0.2) is 21.8 Å². The van der Waals surface area contributed by atoms with E-state index in [4.69, 9.17) is 0 Å². The average Bonchev–Trinajstić information content (AvgIpc) is 3.04. The van der Waals surface area contributed by atoms with Gasteiger partial charge in [0.05, 0.1) is 5.16 Å². The van der Waals surface area contributed by atoms with Gasteiger partial charge in [0.1, 0.15) is 0 Å². The number of fused-ring (bicyclic) bond motifs is 1. The van der Waals surface area contributed by atoms with E-state index in [1.807, 2.05) is 17.0 Å². The third-order valence-corrected chi connectivity index (χ3v) is 16.4. The predicted octanol–water partition coefficient (Wildman–Crippen LogP) is 9.71. The van der Waals surface area contributed by atoms with Crippen LogP contribution in [0.4, 0.5) is 0 Å². The number of hydrogen-bond donors (Lipinski definition) is 0. The van der Waals surface area contributed by atoms with Gasteiger partial charge in [-0.25, -0.2) is 0 Å². The quantitative estimate of drug-likeness (QED) is 0.265. The first-order valence-corrected chi connectivity index (χ1v) is 17.3. The zero-order valence-corrected chi connectivity index (χ0v) is 25.5. The van der Waals surface area contributed by atoms with E-state index in [-0.39, 0.29) is 18.6 Å². The van der Waals surface area contributed by atoms with Crippen LogP contribution in [0.15, 0.2) is 34.4 Å². The molecular formula is C34H52NP. The van der Waals surface area contributed by atoms with Gasteiger partial charge in [-0.15, -0.1) is 0 Å². The number of rotatable bonds is 5. The molecule has 198 valence electrons. The molecule has 0 aromatic carbocycles. The van der Waals surface area contributed by atoms with E-state index in [0.29, 0.717) is 28.6 Å². The van der Waals surface area contributed by atoms with Crippen molar-refractivity contribution in [2.24, 2.45) is 46.3 Å². The Balaban J connectivity index is 1.58. The lowest BCUT2D eigenvalue weighted by molar-refractivity contribution is -0.0288. The molecule has 4 aliphatic heterocycles. The predicted molar refractivity (Wildman–Crippen MR) is 155 cm³/mol. The fraction of sp³-hybridized carbons (Fsp3) is 0.824. The summed E-state index contributed by atoms with van der Waals surface area (Å²) in [6.45, 7) is 20.5. The summed E-state index contributed by atoms with van der Waals surface area (Å²) in [5.74, 6) is 5.07. The molecule has 36 heavy (non-hydrogen) atoms. The summed E-state index contributed by atoms with van der Waals surface area (Å²) in [6.07, 6.45) is 20.2. The highest BCUT2D eigenvalue weighted by Crippen LogP contribution is 2.83. The van der Waals surface area contributed by atoms with Crippen LogP contribution in [-0.2, 0) is 0 Å². The van der Waals surface area contributed by atoms with Gasteiger partial charge < -0.3 is 4.90 Å². The molecule has 4 heterocycles. The Hall–Kier alpha value is -0.550. The SMILES string of the molecule is CCC1(CC)CC(C)(C)N2C1=C(C13CC4CC(CC(C4)C1)C3)[P@@]1C[C@H]3C=C[C@]1(C(C)C)C2=C3C(C)C. The average molecular weight is 506 g/mol. The largest absolute Gasteiger partial charge is 0.341 e. The highest BCUT2D eigenvalue weighted by atomic mass is 31.1. The highest BCUT2D eigenvalue weighted by molar-refractivity contribution is 7.64. The second-order valence-electron chi connectivity index (χ2n) is 15.7. The van der Waals surface area contributed by atoms with Crippen molar-refractivity contribution in [3.05, 3.63) is 34.4 Å². The van der Waals surface area contributed by atoms with Gasteiger partial charge in [0, 0.05) is 28.3 Å². The lowest BCUT2D eigenvalue weighted by Gasteiger charge is -2.67. The molecule has 1 nitrogen and oxygen atoms in total. The second kappa shape index (κ2) is 7.55. The van der Waals surface area contributed by atoms with Gasteiger partial charge in [-0.3, -0.25) is 0 Å². The smallest absolute Gasteiger partial charge is 0.0546 e. The normalized spacial score (nSPS) is 45.1. The van der Waals surface area contributed by atoms with Gasteiger partial charge in [-0.1, -0.05) is 61.6 Å². The van der Waals surface area contributed by atoms with E-state index in [2.05, 4.69) is 77.8 Å². The van der Waals surface area contributed by atoms with Crippen molar-refractivity contribution in [1.29, 1.82) is 0 Å². The van der Waals surface area contributed by atoms with Gasteiger partial charge in [0.25, 0.3) is 0 Å². The van der Waals surface area contributed by atoms with E-state index < -0.39 is 0 Å². The van der Waals surface area contributed by atoms with Crippen molar-refractivity contribution >= 4 is 7.92 Å². The first-order chi connectivity index (χ1) is 17.0. The monoisotopic (exact) mass is 505 g/mol. The maximum absolute atomic E-state index is 3.11. The molecule has 5 aliphatic carbocycles. The van der Waals surface area contributed by atoms with Gasteiger partial charge in [0.2, 0.25) is 0 Å². The minimum atomic E-state index is -0.185. The number of hydrogen-bond acceptors (Lipinski definition) is 1. The lowest BCUT2D eigenvalue weighted by atomic mass is 9.49. The van der Waals surface area contributed by atoms with Crippen LogP contribution in [0.1, 0.15) is 113 Å². The summed E-state index contributed by atoms with van der Waals surface area (Å²) in [7, 11) is -0.185. The van der Waals surface area contributed by atoms with Crippen molar-refractivity contribution in [2.75, 3.05) is 6.16 Å².